The Balaban J connectivity index is 4.47. The summed E-state index contributed by atoms with van der Waals surface area (Å²) in [5, 5.41) is 1.40. The Hall–Kier alpha value is -1.30. The number of amides is 2. The highest BCUT2D eigenvalue weighted by Crippen LogP contribution is 2.10. The lowest BCUT2D eigenvalue weighted by atomic mass is 10.0. The van der Waals surface area contributed by atoms with E-state index in [1.54, 1.807) is 27.8 Å². The van der Waals surface area contributed by atoms with Crippen molar-refractivity contribution in [3.63, 3.8) is 0 Å². The molecule has 6 nitrogen and oxygen atoms in total. The van der Waals surface area contributed by atoms with Gasteiger partial charge in [-0.25, -0.2) is 9.80 Å². The molecule has 0 saturated carbocycles. The Morgan fingerprint density at radius 1 is 1.33 bits per heavy atom. The zero-order valence-corrected chi connectivity index (χ0v) is 12.1. The summed E-state index contributed by atoms with van der Waals surface area (Å²) in [6, 6.07) is -0.544. The van der Waals surface area contributed by atoms with E-state index in [-0.39, 0.29) is 0 Å². The normalized spacial score (nSPS) is 13.6. The van der Waals surface area contributed by atoms with Crippen LogP contribution in [0.4, 0.5) is 4.79 Å². The van der Waals surface area contributed by atoms with E-state index in [2.05, 4.69) is 5.43 Å². The van der Waals surface area contributed by atoms with Gasteiger partial charge < -0.3 is 10.5 Å². The second-order valence-electron chi connectivity index (χ2n) is 5.77. The first kappa shape index (κ1) is 16.7. The predicted octanol–water partition coefficient (Wildman–Crippen LogP) is 1.26. The zero-order chi connectivity index (χ0) is 14.5. The van der Waals surface area contributed by atoms with Gasteiger partial charge in [-0.05, 0) is 33.1 Å². The molecule has 6 heteroatoms. The number of ether oxygens (including phenoxy) is 1. The molecule has 0 rings (SSSR count). The summed E-state index contributed by atoms with van der Waals surface area (Å²) >= 11 is 0. The third-order valence-electron chi connectivity index (χ3n) is 2.16. The molecule has 3 N–H and O–H groups in total. The van der Waals surface area contributed by atoms with Crippen molar-refractivity contribution in [2.45, 2.75) is 52.7 Å². The maximum Gasteiger partial charge on any atom is 0.422 e. The molecule has 0 bridgehead atoms. The van der Waals surface area contributed by atoms with Gasteiger partial charge in [-0.3, -0.25) is 10.2 Å². The molecule has 0 heterocycles. The van der Waals surface area contributed by atoms with Gasteiger partial charge in [0.15, 0.2) is 0 Å². The Morgan fingerprint density at radius 2 is 1.83 bits per heavy atom. The van der Waals surface area contributed by atoms with Crippen LogP contribution >= 0.6 is 0 Å². The number of primary amides is 1. The van der Waals surface area contributed by atoms with Crippen LogP contribution in [0.15, 0.2) is 0 Å². The maximum atomic E-state index is 11.6. The Bertz CT molecular complexity index is 297. The van der Waals surface area contributed by atoms with Crippen molar-refractivity contribution < 1.29 is 14.3 Å². The van der Waals surface area contributed by atoms with Gasteiger partial charge in [-0.15, -0.1) is 0 Å². The summed E-state index contributed by atoms with van der Waals surface area (Å²) in [5.41, 5.74) is 7.23. The van der Waals surface area contributed by atoms with Crippen LogP contribution in [0.2, 0.25) is 0 Å². The molecule has 0 saturated heterocycles. The van der Waals surface area contributed by atoms with Gasteiger partial charge in [-0.1, -0.05) is 13.8 Å². The van der Waals surface area contributed by atoms with Crippen molar-refractivity contribution in [3.05, 3.63) is 0 Å². The van der Waals surface area contributed by atoms with Crippen LogP contribution in [0.5, 0.6) is 0 Å². The van der Waals surface area contributed by atoms with Gasteiger partial charge in [0, 0.05) is 7.05 Å². The number of hydrogen-bond acceptors (Lipinski definition) is 4. The number of hydrogen-bond donors (Lipinski definition) is 2. The van der Waals surface area contributed by atoms with E-state index < -0.39 is 23.6 Å². The minimum Gasteiger partial charge on any atom is -0.443 e. The number of nitrogens with zero attached hydrogens (tertiary/aromatic N) is 1. The van der Waals surface area contributed by atoms with Crippen LogP contribution < -0.4 is 11.2 Å². The molecule has 0 aliphatic carbocycles. The SMILES string of the molecule is CC(C)C[C@H](C(N)=O)N(C)NC(=O)OC(C)(C)C. The van der Waals surface area contributed by atoms with Gasteiger partial charge in [0.25, 0.3) is 0 Å². The molecule has 0 aromatic rings. The highest BCUT2D eigenvalue weighted by atomic mass is 16.6. The molecule has 18 heavy (non-hydrogen) atoms. The second-order valence-corrected chi connectivity index (χ2v) is 5.77. The molecule has 0 aliphatic rings. The Labute approximate surface area is 109 Å². The zero-order valence-electron chi connectivity index (χ0n) is 12.1. The van der Waals surface area contributed by atoms with Crippen LogP contribution in [0, 0.1) is 5.92 Å². The van der Waals surface area contributed by atoms with E-state index in [0.29, 0.717) is 12.3 Å². The first-order chi connectivity index (χ1) is 8.03. The van der Waals surface area contributed by atoms with Gasteiger partial charge >= 0.3 is 6.09 Å². The molecular weight excluding hydrogens is 234 g/mol. The summed E-state index contributed by atoms with van der Waals surface area (Å²) in [7, 11) is 1.60. The van der Waals surface area contributed by atoms with E-state index in [4.69, 9.17) is 10.5 Å². The van der Waals surface area contributed by atoms with E-state index in [1.807, 2.05) is 13.8 Å². The lowest BCUT2D eigenvalue weighted by Crippen LogP contribution is -2.52. The highest BCUT2D eigenvalue weighted by molar-refractivity contribution is 5.80. The van der Waals surface area contributed by atoms with Crippen LogP contribution in [0.1, 0.15) is 41.0 Å². The van der Waals surface area contributed by atoms with Crippen molar-refractivity contribution in [1.29, 1.82) is 0 Å². The van der Waals surface area contributed by atoms with Crippen LogP contribution in [0.25, 0.3) is 0 Å². The molecule has 106 valence electrons. The number of nitrogens with one attached hydrogen (secondary N) is 1. The minimum absolute atomic E-state index is 0.297. The number of rotatable bonds is 5. The van der Waals surface area contributed by atoms with Crippen LogP contribution in [-0.2, 0) is 9.53 Å². The van der Waals surface area contributed by atoms with E-state index in [0.717, 1.165) is 0 Å². The first-order valence-electron chi connectivity index (χ1n) is 6.04. The van der Waals surface area contributed by atoms with Crippen molar-refractivity contribution in [2.75, 3.05) is 7.05 Å². The quantitative estimate of drug-likeness (QED) is 0.728. The average molecular weight is 259 g/mol. The van der Waals surface area contributed by atoms with Gasteiger partial charge in [0.2, 0.25) is 5.91 Å². The molecule has 1 atom stereocenters. The monoisotopic (exact) mass is 259 g/mol. The van der Waals surface area contributed by atoms with Gasteiger partial charge in [0.05, 0.1) is 0 Å². The maximum absolute atomic E-state index is 11.6. The van der Waals surface area contributed by atoms with Crippen molar-refractivity contribution in [3.8, 4) is 0 Å². The Kier molecular flexibility index (Phi) is 6.11. The molecule has 0 aromatic carbocycles. The Morgan fingerprint density at radius 3 is 2.17 bits per heavy atom. The molecule has 0 unspecified atom stereocenters. The fourth-order valence-electron chi connectivity index (χ4n) is 1.43. The lowest BCUT2D eigenvalue weighted by Gasteiger charge is -2.28. The standard InChI is InChI=1S/C12H25N3O3/c1-8(2)7-9(10(13)16)15(6)14-11(17)18-12(3,4)5/h8-9H,7H2,1-6H3,(H2,13,16)(H,14,17)/t9-/m1/s1. The molecule has 0 radical (unpaired) electrons. The van der Waals surface area contributed by atoms with Crippen molar-refractivity contribution >= 4 is 12.0 Å². The van der Waals surface area contributed by atoms with Crippen molar-refractivity contribution in [1.82, 2.24) is 10.4 Å². The topological polar surface area (TPSA) is 84.7 Å². The summed E-state index contributed by atoms with van der Waals surface area (Å²) < 4.78 is 5.10. The number of likely N-dealkylation sites (N-methyl/N-ethyl adjacent to an activating group) is 1. The lowest BCUT2D eigenvalue weighted by molar-refractivity contribution is -0.124. The number of hydrazine groups is 1. The van der Waals surface area contributed by atoms with Crippen molar-refractivity contribution in [2.24, 2.45) is 11.7 Å². The summed E-state index contributed by atoms with van der Waals surface area (Å²) in [5.74, 6) is -0.173. The van der Waals surface area contributed by atoms with Gasteiger partial charge in [-0.2, -0.15) is 0 Å². The molecular formula is C12H25N3O3. The van der Waals surface area contributed by atoms with Crippen LogP contribution in [0.3, 0.4) is 0 Å². The van der Waals surface area contributed by atoms with E-state index >= 15 is 0 Å². The molecule has 2 amide bonds. The first-order valence-corrected chi connectivity index (χ1v) is 6.04. The number of nitrogens with two attached hydrogens (primary N) is 1. The minimum atomic E-state index is -0.597. The fourth-order valence-corrected chi connectivity index (χ4v) is 1.43. The molecule has 0 aromatic heterocycles. The number of carbonyl (C=O) groups is 2. The summed E-state index contributed by atoms with van der Waals surface area (Å²) in [6.45, 7) is 9.28. The van der Waals surface area contributed by atoms with E-state index in [1.165, 1.54) is 5.01 Å². The molecule has 0 spiro atoms. The summed E-state index contributed by atoms with van der Waals surface area (Å²) in [4.78, 5) is 22.9. The third-order valence-corrected chi connectivity index (χ3v) is 2.16. The second kappa shape index (κ2) is 6.58. The van der Waals surface area contributed by atoms with E-state index in [9.17, 15) is 9.59 Å². The summed E-state index contributed by atoms with van der Waals surface area (Å²) in [6.07, 6.45) is -0.0262. The molecule has 0 aliphatic heterocycles. The predicted molar refractivity (Wildman–Crippen MR) is 69.6 cm³/mol. The third kappa shape index (κ3) is 7.11. The average Bonchev–Trinajstić information content (AvgIpc) is 2.09. The molecule has 0 fully saturated rings. The smallest absolute Gasteiger partial charge is 0.422 e. The number of carbonyl (C=O) groups excluding carboxylic acids is 2. The fraction of sp³-hybridized carbons (Fsp3) is 0.833. The highest BCUT2D eigenvalue weighted by Gasteiger charge is 2.25. The van der Waals surface area contributed by atoms with Crippen LogP contribution in [-0.4, -0.2) is 35.7 Å². The van der Waals surface area contributed by atoms with Gasteiger partial charge in [0.1, 0.15) is 11.6 Å². The largest absolute Gasteiger partial charge is 0.443 e.